The predicted molar refractivity (Wildman–Crippen MR) is 103 cm³/mol. The van der Waals surface area contributed by atoms with Crippen molar-refractivity contribution >= 4 is 39.5 Å². The maximum absolute atomic E-state index is 12.3. The number of carbonyl (C=O) groups is 2. The van der Waals surface area contributed by atoms with Gasteiger partial charge in [-0.25, -0.2) is 0 Å². The van der Waals surface area contributed by atoms with Gasteiger partial charge in [0.05, 0.1) is 5.56 Å². The zero-order chi connectivity index (χ0) is 18.2. The molecule has 5 nitrogen and oxygen atoms in total. The SMILES string of the molecule is CCSc1ccccc1C(=O)NNC(=O)[C@@H](C)Oc1cccc(Br)c1. The first-order valence-electron chi connectivity index (χ1n) is 7.75. The van der Waals surface area contributed by atoms with Gasteiger partial charge in [-0.05, 0) is 43.0 Å². The molecule has 2 amide bonds. The molecule has 7 heteroatoms. The Bertz CT molecular complexity index is 755. The Labute approximate surface area is 159 Å². The third-order valence-corrected chi connectivity index (χ3v) is 4.66. The minimum Gasteiger partial charge on any atom is -0.481 e. The van der Waals surface area contributed by atoms with Crippen molar-refractivity contribution in [1.29, 1.82) is 0 Å². The van der Waals surface area contributed by atoms with Crippen LogP contribution in [-0.4, -0.2) is 23.7 Å². The van der Waals surface area contributed by atoms with Crippen molar-refractivity contribution in [2.45, 2.75) is 24.8 Å². The molecule has 0 aliphatic carbocycles. The summed E-state index contributed by atoms with van der Waals surface area (Å²) in [5, 5.41) is 0. The molecule has 25 heavy (non-hydrogen) atoms. The van der Waals surface area contributed by atoms with Gasteiger partial charge >= 0.3 is 0 Å². The van der Waals surface area contributed by atoms with Gasteiger partial charge in [-0.2, -0.15) is 0 Å². The molecule has 0 saturated carbocycles. The van der Waals surface area contributed by atoms with E-state index in [2.05, 4.69) is 26.8 Å². The molecule has 0 aliphatic rings. The normalized spacial score (nSPS) is 11.5. The Kier molecular flexibility index (Phi) is 7.33. The molecular formula is C18H19BrN2O3S. The minimum atomic E-state index is -0.755. The van der Waals surface area contributed by atoms with Gasteiger partial charge < -0.3 is 4.74 Å². The van der Waals surface area contributed by atoms with E-state index in [0.29, 0.717) is 11.3 Å². The van der Waals surface area contributed by atoms with Crippen LogP contribution in [0, 0.1) is 0 Å². The van der Waals surface area contributed by atoms with E-state index in [1.54, 1.807) is 43.0 Å². The van der Waals surface area contributed by atoms with E-state index in [1.807, 2.05) is 31.2 Å². The standard InChI is InChI=1S/C18H19BrN2O3S/c1-3-25-16-10-5-4-9-15(16)18(23)21-20-17(22)12(2)24-14-8-6-7-13(19)11-14/h4-12H,3H2,1-2H3,(H,20,22)(H,21,23)/t12-/m1/s1. The Morgan fingerprint density at radius 2 is 1.92 bits per heavy atom. The van der Waals surface area contributed by atoms with Crippen molar-refractivity contribution in [2.75, 3.05) is 5.75 Å². The molecule has 0 bridgehead atoms. The highest BCUT2D eigenvalue weighted by Crippen LogP contribution is 2.22. The molecule has 0 radical (unpaired) electrons. The van der Waals surface area contributed by atoms with Crippen LogP contribution in [0.25, 0.3) is 0 Å². The summed E-state index contributed by atoms with van der Waals surface area (Å²) in [4.78, 5) is 25.3. The summed E-state index contributed by atoms with van der Waals surface area (Å²) in [5.74, 6) is 0.621. The van der Waals surface area contributed by atoms with E-state index in [9.17, 15) is 9.59 Å². The molecule has 2 N–H and O–H groups in total. The summed E-state index contributed by atoms with van der Waals surface area (Å²) >= 11 is 4.92. The zero-order valence-corrected chi connectivity index (χ0v) is 16.3. The smallest absolute Gasteiger partial charge is 0.279 e. The lowest BCUT2D eigenvalue weighted by Gasteiger charge is -2.16. The fraction of sp³-hybridized carbons (Fsp3) is 0.222. The lowest BCUT2D eigenvalue weighted by Crippen LogP contribution is -2.47. The first-order valence-corrected chi connectivity index (χ1v) is 9.53. The fourth-order valence-corrected chi connectivity index (χ4v) is 3.20. The van der Waals surface area contributed by atoms with Gasteiger partial charge in [-0.1, -0.05) is 41.1 Å². The topological polar surface area (TPSA) is 67.4 Å². The van der Waals surface area contributed by atoms with E-state index >= 15 is 0 Å². The summed E-state index contributed by atoms with van der Waals surface area (Å²) in [6.07, 6.45) is -0.755. The van der Waals surface area contributed by atoms with Gasteiger partial charge in [0.25, 0.3) is 11.8 Å². The van der Waals surface area contributed by atoms with Crippen molar-refractivity contribution in [3.63, 3.8) is 0 Å². The largest absolute Gasteiger partial charge is 0.481 e. The Hall–Kier alpha value is -1.99. The van der Waals surface area contributed by atoms with E-state index in [4.69, 9.17) is 4.74 Å². The number of ether oxygens (including phenoxy) is 1. The molecule has 0 spiro atoms. The molecule has 2 rings (SSSR count). The van der Waals surface area contributed by atoms with E-state index in [-0.39, 0.29) is 5.91 Å². The monoisotopic (exact) mass is 422 g/mol. The number of nitrogens with one attached hydrogen (secondary N) is 2. The molecule has 0 heterocycles. The van der Waals surface area contributed by atoms with Crippen LogP contribution in [0.3, 0.4) is 0 Å². The van der Waals surface area contributed by atoms with Crippen molar-refractivity contribution in [1.82, 2.24) is 10.9 Å². The van der Waals surface area contributed by atoms with Crippen LogP contribution in [-0.2, 0) is 4.79 Å². The van der Waals surface area contributed by atoms with E-state index in [0.717, 1.165) is 15.1 Å². The van der Waals surface area contributed by atoms with Crippen LogP contribution in [0.4, 0.5) is 0 Å². The molecular weight excluding hydrogens is 404 g/mol. The average Bonchev–Trinajstić information content (AvgIpc) is 2.60. The number of benzene rings is 2. The van der Waals surface area contributed by atoms with Gasteiger partial charge in [0.1, 0.15) is 5.75 Å². The lowest BCUT2D eigenvalue weighted by molar-refractivity contribution is -0.128. The summed E-state index contributed by atoms with van der Waals surface area (Å²) in [6.45, 7) is 3.63. The van der Waals surface area contributed by atoms with Crippen LogP contribution in [0.15, 0.2) is 57.9 Å². The molecule has 0 fully saturated rings. The number of thioether (sulfide) groups is 1. The number of hydrogen-bond donors (Lipinski definition) is 2. The number of carbonyl (C=O) groups excluding carboxylic acids is 2. The van der Waals surface area contributed by atoms with Crippen LogP contribution in [0.1, 0.15) is 24.2 Å². The summed E-state index contributed by atoms with van der Waals surface area (Å²) in [6, 6.07) is 14.5. The fourth-order valence-electron chi connectivity index (χ4n) is 2.02. The zero-order valence-electron chi connectivity index (χ0n) is 13.9. The molecule has 0 unspecified atom stereocenters. The molecule has 0 aromatic heterocycles. The quantitative estimate of drug-likeness (QED) is 0.548. The van der Waals surface area contributed by atoms with Crippen LogP contribution >= 0.6 is 27.7 Å². The van der Waals surface area contributed by atoms with Crippen molar-refractivity contribution in [3.05, 3.63) is 58.6 Å². The highest BCUT2D eigenvalue weighted by molar-refractivity contribution is 9.10. The summed E-state index contributed by atoms with van der Waals surface area (Å²) < 4.78 is 6.42. The van der Waals surface area contributed by atoms with Crippen LogP contribution < -0.4 is 15.6 Å². The van der Waals surface area contributed by atoms with Crippen LogP contribution in [0.2, 0.25) is 0 Å². The molecule has 0 saturated heterocycles. The molecule has 1 atom stereocenters. The number of amides is 2. The average molecular weight is 423 g/mol. The Balaban J connectivity index is 1.91. The van der Waals surface area contributed by atoms with Gasteiger partial charge in [0, 0.05) is 9.37 Å². The number of hydrazine groups is 1. The first kappa shape index (κ1) is 19.3. The predicted octanol–water partition coefficient (Wildman–Crippen LogP) is 3.79. The maximum atomic E-state index is 12.3. The number of hydrogen-bond acceptors (Lipinski definition) is 4. The number of rotatable bonds is 6. The second-order valence-electron chi connectivity index (χ2n) is 5.09. The highest BCUT2D eigenvalue weighted by atomic mass is 79.9. The summed E-state index contributed by atoms with van der Waals surface area (Å²) in [7, 11) is 0. The third-order valence-electron chi connectivity index (χ3n) is 3.21. The van der Waals surface area contributed by atoms with Gasteiger partial charge in [0.15, 0.2) is 6.10 Å². The molecule has 2 aromatic carbocycles. The molecule has 2 aromatic rings. The summed E-state index contributed by atoms with van der Waals surface area (Å²) in [5.41, 5.74) is 5.36. The van der Waals surface area contributed by atoms with Crippen molar-refractivity contribution in [2.24, 2.45) is 0 Å². The lowest BCUT2D eigenvalue weighted by atomic mass is 10.2. The Morgan fingerprint density at radius 3 is 2.64 bits per heavy atom. The highest BCUT2D eigenvalue weighted by Gasteiger charge is 2.17. The maximum Gasteiger partial charge on any atom is 0.279 e. The second-order valence-corrected chi connectivity index (χ2v) is 7.31. The number of halogens is 1. The Morgan fingerprint density at radius 1 is 1.16 bits per heavy atom. The van der Waals surface area contributed by atoms with Crippen molar-refractivity contribution in [3.8, 4) is 5.75 Å². The molecule has 0 aliphatic heterocycles. The van der Waals surface area contributed by atoms with E-state index < -0.39 is 12.0 Å². The second kappa shape index (κ2) is 9.48. The first-order chi connectivity index (χ1) is 12.0. The minimum absolute atomic E-state index is 0.362. The van der Waals surface area contributed by atoms with E-state index in [1.165, 1.54) is 0 Å². The molecule has 132 valence electrons. The van der Waals surface area contributed by atoms with Crippen molar-refractivity contribution < 1.29 is 14.3 Å². The van der Waals surface area contributed by atoms with Crippen LogP contribution in [0.5, 0.6) is 5.75 Å². The van der Waals surface area contributed by atoms with Gasteiger partial charge in [-0.15, -0.1) is 11.8 Å². The third kappa shape index (κ3) is 5.79. The van der Waals surface area contributed by atoms with Gasteiger partial charge in [-0.3, -0.25) is 20.4 Å². The van der Waals surface area contributed by atoms with Gasteiger partial charge in [0.2, 0.25) is 0 Å².